The third kappa shape index (κ3) is 4.46. The molecule has 2 N–H and O–H groups in total. The lowest BCUT2D eigenvalue weighted by Crippen LogP contribution is -2.47. The van der Waals surface area contributed by atoms with Crippen LogP contribution in [0.3, 0.4) is 0 Å². The second-order valence-electron chi connectivity index (χ2n) is 6.23. The summed E-state index contributed by atoms with van der Waals surface area (Å²) < 4.78 is 0. The first-order valence-electron chi connectivity index (χ1n) is 7.87. The van der Waals surface area contributed by atoms with Crippen molar-refractivity contribution in [3.63, 3.8) is 0 Å². The van der Waals surface area contributed by atoms with Gasteiger partial charge in [-0.3, -0.25) is 9.69 Å². The van der Waals surface area contributed by atoms with Crippen molar-refractivity contribution < 1.29 is 9.90 Å². The Morgan fingerprint density at radius 1 is 1.21 bits per heavy atom. The zero-order valence-corrected chi connectivity index (χ0v) is 12.1. The van der Waals surface area contributed by atoms with E-state index in [1.54, 1.807) is 0 Å². The van der Waals surface area contributed by atoms with E-state index < -0.39 is 5.97 Å². The van der Waals surface area contributed by atoms with Crippen LogP contribution in [0.15, 0.2) is 0 Å². The average molecular weight is 268 g/mol. The molecule has 0 amide bonds. The number of carbonyl (C=O) groups is 1. The van der Waals surface area contributed by atoms with E-state index in [4.69, 9.17) is 5.11 Å². The third-order valence-electron chi connectivity index (χ3n) is 4.70. The number of carboxylic acid groups (broad SMARTS) is 1. The van der Waals surface area contributed by atoms with Crippen LogP contribution in [0.1, 0.15) is 58.3 Å². The fourth-order valence-electron chi connectivity index (χ4n) is 3.54. The van der Waals surface area contributed by atoms with E-state index in [0.29, 0.717) is 12.1 Å². The van der Waals surface area contributed by atoms with Crippen LogP contribution < -0.4 is 5.32 Å². The molecule has 0 radical (unpaired) electrons. The minimum Gasteiger partial charge on any atom is -0.481 e. The summed E-state index contributed by atoms with van der Waals surface area (Å²) in [5.41, 5.74) is 0. The molecule has 1 saturated carbocycles. The van der Waals surface area contributed by atoms with E-state index in [-0.39, 0.29) is 12.5 Å². The first-order valence-corrected chi connectivity index (χ1v) is 7.87. The van der Waals surface area contributed by atoms with Gasteiger partial charge in [0.1, 0.15) is 0 Å². The van der Waals surface area contributed by atoms with Gasteiger partial charge in [0.25, 0.3) is 0 Å². The number of nitrogens with one attached hydrogen (secondary N) is 1. The number of rotatable bonds is 3. The molecule has 1 saturated heterocycles. The predicted octanol–water partition coefficient (Wildman–Crippen LogP) is 2.24. The molecule has 110 valence electrons. The molecular formula is C15H28N2O2. The van der Waals surface area contributed by atoms with Crippen LogP contribution in [0, 0.1) is 0 Å². The smallest absolute Gasteiger partial charge is 0.304 e. The zero-order valence-electron chi connectivity index (χ0n) is 12.1. The van der Waals surface area contributed by atoms with E-state index in [9.17, 15) is 4.79 Å². The molecule has 2 atom stereocenters. The molecule has 0 spiro atoms. The normalized spacial score (nSPS) is 31.6. The maximum atomic E-state index is 11.1. The van der Waals surface area contributed by atoms with Crippen LogP contribution in [-0.2, 0) is 4.79 Å². The number of carboxylic acids is 1. The molecule has 0 aromatic heterocycles. The average Bonchev–Trinajstić information content (AvgIpc) is 2.71. The Morgan fingerprint density at radius 2 is 1.89 bits per heavy atom. The van der Waals surface area contributed by atoms with Crippen molar-refractivity contribution in [3.8, 4) is 0 Å². The van der Waals surface area contributed by atoms with Crippen molar-refractivity contribution in [3.05, 3.63) is 0 Å². The van der Waals surface area contributed by atoms with Gasteiger partial charge in [0, 0.05) is 31.2 Å². The molecule has 2 fully saturated rings. The van der Waals surface area contributed by atoms with Gasteiger partial charge in [0.2, 0.25) is 0 Å². The van der Waals surface area contributed by atoms with E-state index in [1.807, 2.05) is 0 Å². The molecule has 2 aliphatic rings. The van der Waals surface area contributed by atoms with Gasteiger partial charge in [0.15, 0.2) is 0 Å². The van der Waals surface area contributed by atoms with Crippen molar-refractivity contribution in [1.29, 1.82) is 0 Å². The molecule has 1 heterocycles. The Morgan fingerprint density at radius 3 is 2.53 bits per heavy atom. The van der Waals surface area contributed by atoms with Gasteiger partial charge in [-0.05, 0) is 26.2 Å². The summed E-state index contributed by atoms with van der Waals surface area (Å²) in [7, 11) is 0. The lowest BCUT2D eigenvalue weighted by Gasteiger charge is -2.36. The Balaban J connectivity index is 2.04. The first-order chi connectivity index (χ1) is 9.16. The van der Waals surface area contributed by atoms with Gasteiger partial charge in [-0.15, -0.1) is 0 Å². The highest BCUT2D eigenvalue weighted by atomic mass is 16.4. The lowest BCUT2D eigenvalue weighted by molar-refractivity contribution is -0.138. The second kappa shape index (κ2) is 7.25. The summed E-state index contributed by atoms with van der Waals surface area (Å²) in [5, 5.41) is 12.6. The van der Waals surface area contributed by atoms with Crippen LogP contribution in [-0.4, -0.2) is 47.2 Å². The Hall–Kier alpha value is -0.610. The van der Waals surface area contributed by atoms with Crippen LogP contribution in [0.2, 0.25) is 0 Å². The molecule has 2 unspecified atom stereocenters. The molecule has 0 bridgehead atoms. The largest absolute Gasteiger partial charge is 0.481 e. The SMILES string of the molecule is CC1CCN(C2CCCCCC2)C(CC(=O)O)CN1. The van der Waals surface area contributed by atoms with Gasteiger partial charge < -0.3 is 10.4 Å². The minimum absolute atomic E-state index is 0.172. The first kappa shape index (κ1) is 14.8. The van der Waals surface area contributed by atoms with Gasteiger partial charge in [0.05, 0.1) is 6.42 Å². The molecule has 4 nitrogen and oxygen atoms in total. The van der Waals surface area contributed by atoms with E-state index in [2.05, 4.69) is 17.1 Å². The maximum Gasteiger partial charge on any atom is 0.304 e. The zero-order chi connectivity index (χ0) is 13.7. The van der Waals surface area contributed by atoms with Gasteiger partial charge >= 0.3 is 5.97 Å². The Bertz CT molecular complexity index is 288. The summed E-state index contributed by atoms with van der Waals surface area (Å²) in [5.74, 6) is -0.667. The predicted molar refractivity (Wildman–Crippen MR) is 76.3 cm³/mol. The maximum absolute atomic E-state index is 11.1. The quantitative estimate of drug-likeness (QED) is 0.771. The number of hydrogen-bond acceptors (Lipinski definition) is 3. The Labute approximate surface area is 116 Å². The second-order valence-corrected chi connectivity index (χ2v) is 6.23. The molecule has 0 aromatic carbocycles. The minimum atomic E-state index is -0.667. The third-order valence-corrected chi connectivity index (χ3v) is 4.70. The van der Waals surface area contributed by atoms with Crippen molar-refractivity contribution in [2.45, 2.75) is 76.4 Å². The molecule has 0 aromatic rings. The van der Waals surface area contributed by atoms with Crippen molar-refractivity contribution in [2.75, 3.05) is 13.1 Å². The Kier molecular flexibility index (Phi) is 5.64. The lowest BCUT2D eigenvalue weighted by atomic mass is 10.0. The molecule has 2 rings (SSSR count). The highest BCUT2D eigenvalue weighted by Crippen LogP contribution is 2.25. The van der Waals surface area contributed by atoms with Crippen LogP contribution in [0.4, 0.5) is 0 Å². The molecule has 4 heteroatoms. The molecule has 19 heavy (non-hydrogen) atoms. The number of aliphatic carboxylic acids is 1. The summed E-state index contributed by atoms with van der Waals surface area (Å²) in [4.78, 5) is 13.6. The summed E-state index contributed by atoms with van der Waals surface area (Å²) >= 11 is 0. The number of hydrogen-bond donors (Lipinski definition) is 2. The van der Waals surface area contributed by atoms with E-state index in [0.717, 1.165) is 19.5 Å². The van der Waals surface area contributed by atoms with Gasteiger partial charge in [-0.25, -0.2) is 0 Å². The fraction of sp³-hybridized carbons (Fsp3) is 0.933. The van der Waals surface area contributed by atoms with E-state index in [1.165, 1.54) is 38.5 Å². The van der Waals surface area contributed by atoms with Crippen molar-refractivity contribution >= 4 is 5.97 Å². The van der Waals surface area contributed by atoms with Gasteiger partial charge in [-0.2, -0.15) is 0 Å². The van der Waals surface area contributed by atoms with Gasteiger partial charge in [-0.1, -0.05) is 25.7 Å². The van der Waals surface area contributed by atoms with Crippen LogP contribution in [0.5, 0.6) is 0 Å². The van der Waals surface area contributed by atoms with Crippen LogP contribution >= 0.6 is 0 Å². The van der Waals surface area contributed by atoms with Crippen LogP contribution in [0.25, 0.3) is 0 Å². The van der Waals surface area contributed by atoms with E-state index >= 15 is 0 Å². The molecule has 1 aliphatic heterocycles. The summed E-state index contributed by atoms with van der Waals surface area (Å²) in [6, 6.07) is 1.29. The van der Waals surface area contributed by atoms with Crippen molar-refractivity contribution in [2.24, 2.45) is 0 Å². The van der Waals surface area contributed by atoms with Crippen molar-refractivity contribution in [1.82, 2.24) is 10.2 Å². The highest BCUT2D eigenvalue weighted by Gasteiger charge is 2.30. The summed E-state index contributed by atoms with van der Waals surface area (Å²) in [6.07, 6.45) is 9.23. The topological polar surface area (TPSA) is 52.6 Å². The summed E-state index contributed by atoms with van der Waals surface area (Å²) in [6.45, 7) is 4.08. The monoisotopic (exact) mass is 268 g/mol. The number of nitrogens with zero attached hydrogens (tertiary/aromatic N) is 1. The highest BCUT2D eigenvalue weighted by molar-refractivity contribution is 5.67. The fourth-order valence-corrected chi connectivity index (χ4v) is 3.54. The molecule has 1 aliphatic carbocycles. The standard InChI is InChI=1S/C15H28N2O2/c1-12-8-9-17(13-6-4-2-3-5-7-13)14(11-16-12)10-15(18)19/h12-14,16H,2-11H2,1H3,(H,18,19). The molecular weight excluding hydrogens is 240 g/mol.